The number of hydrogen-bond acceptors (Lipinski definition) is 2. The van der Waals surface area contributed by atoms with Crippen LogP contribution in [0.2, 0.25) is 0 Å². The standard InChI is InChI=1S/C16H8N2.4C6H15P.2C3H3.2Pt/c1-3-13-5-9-15(10-6-13)17-18-16-11-7-14(4-2)8-12-16;4*1-4-7(5-2)6-3;2*1-3-2;;/h5-12H;4*4-6H2,1-3H3;2*1H3;;/q-2;;;;;2*-1;2*+2/p+4. The summed E-state index contributed by atoms with van der Waals surface area (Å²) >= 11 is 0. The van der Waals surface area contributed by atoms with E-state index >= 15 is 0 Å². The van der Waals surface area contributed by atoms with Crippen LogP contribution < -0.4 is 0 Å². The summed E-state index contributed by atoms with van der Waals surface area (Å²) in [5.74, 6) is 8.59. The van der Waals surface area contributed by atoms with E-state index in [-0.39, 0.29) is 73.8 Å². The van der Waals surface area contributed by atoms with Crippen molar-refractivity contribution in [1.29, 1.82) is 0 Å². The topological polar surface area (TPSA) is 24.7 Å². The molecule has 0 fully saturated rings. The van der Waals surface area contributed by atoms with Gasteiger partial charge in [0.05, 0.1) is 85.3 Å². The molecule has 0 N–H and O–H groups in total. The zero-order chi connectivity index (χ0) is 41.0. The fourth-order valence-corrected chi connectivity index (χ4v) is 10.3. The quantitative estimate of drug-likeness (QED) is 0.0780. The molecule has 0 amide bonds. The van der Waals surface area contributed by atoms with E-state index in [1.165, 1.54) is 73.9 Å². The minimum Gasteiger partial charge on any atom is -0.694 e. The molecule has 0 saturated heterocycles. The largest absolute Gasteiger partial charge is 2.00 e. The van der Waals surface area contributed by atoms with Crippen LogP contribution in [0.4, 0.5) is 11.4 Å². The van der Waals surface area contributed by atoms with Gasteiger partial charge in [0.25, 0.3) is 0 Å². The van der Waals surface area contributed by atoms with Crippen LogP contribution in [-0.2, 0) is 42.1 Å². The summed E-state index contributed by atoms with van der Waals surface area (Å²) < 4.78 is 0. The van der Waals surface area contributed by atoms with Crippen molar-refractivity contribution in [3.63, 3.8) is 0 Å². The molecule has 2 aromatic rings. The maximum atomic E-state index is 6.96. The van der Waals surface area contributed by atoms with Crippen LogP contribution in [0.1, 0.15) is 108 Å². The molecule has 8 heteroatoms. The monoisotopic (exact) mass is 1170 g/mol. The van der Waals surface area contributed by atoms with E-state index < -0.39 is 0 Å². The Morgan fingerprint density at radius 1 is 0.370 bits per heavy atom. The Bertz CT molecular complexity index is 1050. The van der Waals surface area contributed by atoms with Crippen molar-refractivity contribution in [1.82, 2.24) is 0 Å². The molecule has 0 bridgehead atoms. The van der Waals surface area contributed by atoms with E-state index in [0.717, 1.165) is 11.4 Å². The molecule has 2 aromatic carbocycles. The molecular formula is C46H78N2P4Pt2+4. The first kappa shape index (κ1) is 68.1. The molecule has 0 aliphatic rings. The van der Waals surface area contributed by atoms with Gasteiger partial charge in [-0.05, 0) is 129 Å². The average Bonchev–Trinajstić information content (AvgIpc) is 3.19. The van der Waals surface area contributed by atoms with E-state index in [0.29, 0.717) is 11.1 Å². The Hall–Kier alpha value is -0.623. The molecule has 0 saturated carbocycles. The minimum atomic E-state index is 0. The molecule has 0 radical (unpaired) electrons. The molecule has 0 heterocycles. The van der Waals surface area contributed by atoms with Crippen molar-refractivity contribution >= 4 is 43.1 Å². The van der Waals surface area contributed by atoms with Crippen LogP contribution in [0, 0.1) is 49.4 Å². The summed E-state index contributed by atoms with van der Waals surface area (Å²) in [6.45, 7) is 30.8. The third kappa shape index (κ3) is 47.5. The predicted molar refractivity (Wildman–Crippen MR) is 255 cm³/mol. The second kappa shape index (κ2) is 56.7. The molecule has 0 aromatic heterocycles. The van der Waals surface area contributed by atoms with Crippen LogP contribution in [0.3, 0.4) is 0 Å². The second-order valence-corrected chi connectivity index (χ2v) is 25.8. The first-order chi connectivity index (χ1) is 25.0. The summed E-state index contributed by atoms with van der Waals surface area (Å²) in [7, 11) is 0.549. The van der Waals surface area contributed by atoms with Crippen molar-refractivity contribution in [2.45, 2.75) is 96.9 Å². The van der Waals surface area contributed by atoms with E-state index in [9.17, 15) is 0 Å². The zero-order valence-corrected chi connectivity index (χ0v) is 45.2. The van der Waals surface area contributed by atoms with Crippen molar-refractivity contribution in [2.24, 2.45) is 10.2 Å². The van der Waals surface area contributed by atoms with Gasteiger partial charge in [0.1, 0.15) is 0 Å². The molecule has 0 unspecified atom stereocenters. The van der Waals surface area contributed by atoms with E-state index in [4.69, 9.17) is 25.7 Å². The first-order valence-corrected chi connectivity index (χ1v) is 28.0. The molecule has 0 aliphatic heterocycles. The summed E-state index contributed by atoms with van der Waals surface area (Å²) in [5.41, 5.74) is 2.85. The van der Waals surface area contributed by atoms with Gasteiger partial charge < -0.3 is 37.5 Å². The molecule has 0 atom stereocenters. The van der Waals surface area contributed by atoms with Crippen LogP contribution in [0.5, 0.6) is 0 Å². The molecule has 0 spiro atoms. The molecule has 54 heavy (non-hydrogen) atoms. The summed E-state index contributed by atoms with van der Waals surface area (Å²) in [6.07, 6.45) is 43.3. The van der Waals surface area contributed by atoms with Crippen LogP contribution in [0.25, 0.3) is 0 Å². The molecule has 0 aliphatic carbocycles. The van der Waals surface area contributed by atoms with Crippen LogP contribution in [-0.4, -0.2) is 73.9 Å². The average molecular weight is 1170 g/mol. The SMILES string of the molecule is CC[PH+](CC)CC.CC[PH+](CC)CC.CC[PH+](CC)CC.CC[PH+](CC)CC.[C-]#CC.[C-]#CC.[C-]#Cc1ccc(N=Nc2ccc(C#[C-])cc2)cc1.[Pt+2].[Pt+2]. The van der Waals surface area contributed by atoms with Crippen molar-refractivity contribution in [2.75, 3.05) is 73.9 Å². The van der Waals surface area contributed by atoms with Crippen LogP contribution in [0.15, 0.2) is 58.8 Å². The summed E-state index contributed by atoms with van der Waals surface area (Å²) in [5, 5.41) is 8.15. The zero-order valence-electron chi connectivity index (χ0n) is 36.6. The van der Waals surface area contributed by atoms with Gasteiger partial charge in [0.2, 0.25) is 0 Å². The van der Waals surface area contributed by atoms with Gasteiger partial charge in [-0.15, -0.1) is 35.4 Å². The third-order valence-corrected chi connectivity index (χ3v) is 20.3. The fraction of sp³-hybridized carbons (Fsp3) is 0.565. The number of hydrogen-bond donors (Lipinski definition) is 0. The minimum absolute atomic E-state index is 0. The number of rotatable bonds is 14. The van der Waals surface area contributed by atoms with Gasteiger partial charge in [-0.2, -0.15) is 10.2 Å². The second-order valence-electron chi connectivity index (χ2n) is 11.3. The maximum Gasteiger partial charge on any atom is 2.00 e. The van der Waals surface area contributed by atoms with Crippen LogP contribution >= 0.6 is 31.7 Å². The molecule has 308 valence electrons. The van der Waals surface area contributed by atoms with Gasteiger partial charge in [-0.1, -0.05) is 24.3 Å². The Morgan fingerprint density at radius 2 is 0.519 bits per heavy atom. The Kier molecular flexibility index (Phi) is 71.5. The smallest absolute Gasteiger partial charge is 0.694 e. The fourth-order valence-electron chi connectivity index (χ4n) is 4.34. The Balaban J connectivity index is -0.000000105. The van der Waals surface area contributed by atoms with Crippen molar-refractivity contribution < 1.29 is 42.1 Å². The molecule has 2 nitrogen and oxygen atoms in total. The maximum absolute atomic E-state index is 6.96. The summed E-state index contributed by atoms with van der Waals surface area (Å²) in [6, 6.07) is 14.1. The number of azo groups is 1. The van der Waals surface area contributed by atoms with Gasteiger partial charge in [0, 0.05) is 0 Å². The van der Waals surface area contributed by atoms with Gasteiger partial charge >= 0.3 is 42.1 Å². The number of nitrogens with zero attached hydrogens (tertiary/aromatic N) is 2. The van der Waals surface area contributed by atoms with Gasteiger partial charge in [-0.25, -0.2) is 0 Å². The van der Waals surface area contributed by atoms with E-state index in [2.05, 4.69) is 105 Å². The number of benzene rings is 2. The predicted octanol–water partition coefficient (Wildman–Crippen LogP) is 14.2. The first-order valence-electron chi connectivity index (χ1n) is 19.5. The van der Waals surface area contributed by atoms with E-state index in [1.54, 1.807) is 62.4 Å². The van der Waals surface area contributed by atoms with E-state index in [1.807, 2.05) is 11.8 Å². The molecule has 2 rings (SSSR count). The third-order valence-electron chi connectivity index (χ3n) is 8.30. The Morgan fingerprint density at radius 3 is 0.611 bits per heavy atom. The molecular weight excluding hydrogens is 1090 g/mol. The summed E-state index contributed by atoms with van der Waals surface area (Å²) in [4.78, 5) is 0. The van der Waals surface area contributed by atoms with Crippen molar-refractivity contribution in [3.8, 4) is 23.7 Å². The Labute approximate surface area is 372 Å². The van der Waals surface area contributed by atoms with Gasteiger partial charge in [0.15, 0.2) is 0 Å². The van der Waals surface area contributed by atoms with Crippen molar-refractivity contribution in [3.05, 3.63) is 85.4 Å². The normalized spacial score (nSPS) is 8.93. The van der Waals surface area contributed by atoms with Gasteiger partial charge in [-0.3, -0.25) is 11.8 Å².